The minimum atomic E-state index is 0.210. The molecule has 8 rings (SSSR count). The molecule has 198 valence electrons. The van der Waals surface area contributed by atoms with Crippen LogP contribution in [0.3, 0.4) is 0 Å². The van der Waals surface area contributed by atoms with Crippen molar-refractivity contribution in [3.05, 3.63) is 163 Å². The van der Waals surface area contributed by atoms with Gasteiger partial charge in [-0.25, -0.2) is 0 Å². The maximum Gasteiger partial charge on any atom is 0.0671 e. The molecule has 7 aromatic rings. The molecule has 1 unspecified atom stereocenters. The van der Waals surface area contributed by atoms with Gasteiger partial charge >= 0.3 is 0 Å². The second-order valence-electron chi connectivity index (χ2n) is 11.2. The highest BCUT2D eigenvalue weighted by molar-refractivity contribution is 6.21. The smallest absolute Gasteiger partial charge is 0.0671 e. The van der Waals surface area contributed by atoms with Gasteiger partial charge in [0, 0.05) is 11.6 Å². The maximum absolute atomic E-state index is 4.90. The summed E-state index contributed by atoms with van der Waals surface area (Å²) in [6.45, 7) is 2.14. The van der Waals surface area contributed by atoms with Crippen molar-refractivity contribution in [3.63, 3.8) is 0 Å². The van der Waals surface area contributed by atoms with E-state index < -0.39 is 0 Å². The third kappa shape index (κ3) is 3.97. The zero-order chi connectivity index (χ0) is 28.0. The Labute approximate surface area is 246 Å². The summed E-state index contributed by atoms with van der Waals surface area (Å²) in [6.07, 6.45) is 0. The van der Waals surface area contributed by atoms with Crippen LogP contribution in [0, 0.1) is 0 Å². The zero-order valence-corrected chi connectivity index (χ0v) is 23.5. The van der Waals surface area contributed by atoms with Gasteiger partial charge in [0.1, 0.15) is 0 Å². The molecule has 1 nitrogen and oxygen atoms in total. The fourth-order valence-corrected chi connectivity index (χ4v) is 6.80. The Bertz CT molecular complexity index is 2060. The van der Waals surface area contributed by atoms with Crippen molar-refractivity contribution in [1.29, 1.82) is 0 Å². The molecule has 0 saturated heterocycles. The number of hydrogen-bond acceptors (Lipinski definition) is 1. The van der Waals surface area contributed by atoms with Crippen molar-refractivity contribution in [1.82, 2.24) is 0 Å². The molecule has 0 N–H and O–H groups in total. The third-order valence-electron chi connectivity index (χ3n) is 8.69. The summed E-state index contributed by atoms with van der Waals surface area (Å²) in [7, 11) is 0. The Balaban J connectivity index is 1.25. The van der Waals surface area contributed by atoms with Crippen LogP contribution in [0.25, 0.3) is 54.9 Å². The van der Waals surface area contributed by atoms with Crippen molar-refractivity contribution in [3.8, 4) is 33.4 Å². The summed E-state index contributed by atoms with van der Waals surface area (Å²) in [6, 6.07) is 55.0. The van der Waals surface area contributed by atoms with E-state index in [2.05, 4.69) is 159 Å². The summed E-state index contributed by atoms with van der Waals surface area (Å²) < 4.78 is 0. The van der Waals surface area contributed by atoms with Gasteiger partial charge < -0.3 is 0 Å². The zero-order valence-electron chi connectivity index (χ0n) is 23.5. The highest BCUT2D eigenvalue weighted by Crippen LogP contribution is 2.45. The van der Waals surface area contributed by atoms with E-state index in [0.717, 1.165) is 11.4 Å². The van der Waals surface area contributed by atoms with Gasteiger partial charge in [-0.2, -0.15) is 0 Å². The number of hydrogen-bond donors (Lipinski definition) is 0. The Hall–Kier alpha value is -5.27. The molecule has 1 aliphatic rings. The Kier molecular flexibility index (Phi) is 5.82. The summed E-state index contributed by atoms with van der Waals surface area (Å²) in [5.41, 5.74) is 12.3. The molecule has 1 heterocycles. The number of benzene rings is 7. The lowest BCUT2D eigenvalue weighted by Gasteiger charge is -2.18. The molecular weight excluding hydrogens is 506 g/mol. The van der Waals surface area contributed by atoms with Gasteiger partial charge in [0.25, 0.3) is 0 Å². The fourth-order valence-electron chi connectivity index (χ4n) is 6.80. The average molecular weight is 536 g/mol. The van der Waals surface area contributed by atoms with E-state index in [9.17, 15) is 0 Å². The predicted molar refractivity (Wildman–Crippen MR) is 179 cm³/mol. The van der Waals surface area contributed by atoms with Crippen LogP contribution in [0.15, 0.2) is 157 Å². The van der Waals surface area contributed by atoms with Gasteiger partial charge in [-0.1, -0.05) is 140 Å². The van der Waals surface area contributed by atoms with Gasteiger partial charge in [0.2, 0.25) is 0 Å². The van der Waals surface area contributed by atoms with E-state index in [1.165, 1.54) is 66.1 Å². The molecule has 1 atom stereocenters. The first-order valence-electron chi connectivity index (χ1n) is 14.6. The number of fused-ring (bicyclic) bond motifs is 3. The van der Waals surface area contributed by atoms with E-state index in [0.29, 0.717) is 0 Å². The van der Waals surface area contributed by atoms with E-state index in [-0.39, 0.29) is 5.92 Å². The van der Waals surface area contributed by atoms with E-state index in [1.807, 2.05) is 0 Å². The predicted octanol–water partition coefficient (Wildman–Crippen LogP) is 11.2. The third-order valence-corrected chi connectivity index (χ3v) is 8.69. The standard InChI is InChI=1S/C41H29N/c1-27-39(29-12-4-2-5-13-29)37-26-32(24-25-38(37)42-27)28-20-22-31(23-21-28)41-35-18-10-8-16-33(35)40(30-14-6-3-7-15-30)34-17-9-11-19-36(34)41/h2-26,39H,1H3. The first kappa shape index (κ1) is 24.5. The molecule has 0 radical (unpaired) electrons. The van der Waals surface area contributed by atoms with Crippen molar-refractivity contribution < 1.29 is 0 Å². The molecule has 0 bridgehead atoms. The molecule has 0 aliphatic carbocycles. The molecule has 0 amide bonds. The summed E-state index contributed by atoms with van der Waals surface area (Å²) in [4.78, 5) is 4.90. The van der Waals surface area contributed by atoms with Gasteiger partial charge in [0.05, 0.1) is 5.69 Å². The molecule has 7 aromatic carbocycles. The SMILES string of the molecule is CC1=Nc2ccc(-c3ccc(-c4c5ccccc5c(-c5ccccc5)c5ccccc45)cc3)cc2C1c1ccccc1. The van der Waals surface area contributed by atoms with Gasteiger partial charge in [-0.3, -0.25) is 4.99 Å². The summed E-state index contributed by atoms with van der Waals surface area (Å²) in [5, 5.41) is 5.11. The first-order valence-corrected chi connectivity index (χ1v) is 14.6. The van der Waals surface area contributed by atoms with Gasteiger partial charge in [-0.05, 0) is 85.1 Å². The summed E-state index contributed by atoms with van der Waals surface area (Å²) in [5.74, 6) is 0.210. The van der Waals surface area contributed by atoms with E-state index in [1.54, 1.807) is 0 Å². The minimum absolute atomic E-state index is 0.210. The van der Waals surface area contributed by atoms with E-state index in [4.69, 9.17) is 4.99 Å². The number of aliphatic imine (C=N–C) groups is 1. The van der Waals surface area contributed by atoms with Crippen LogP contribution in [0.1, 0.15) is 24.0 Å². The van der Waals surface area contributed by atoms with Crippen molar-refractivity contribution in [2.75, 3.05) is 0 Å². The minimum Gasteiger partial charge on any atom is -0.257 e. The highest BCUT2D eigenvalue weighted by atomic mass is 14.8. The van der Waals surface area contributed by atoms with Crippen molar-refractivity contribution in [2.45, 2.75) is 12.8 Å². The average Bonchev–Trinajstić information content (AvgIpc) is 3.39. The lowest BCUT2D eigenvalue weighted by atomic mass is 9.85. The van der Waals surface area contributed by atoms with Crippen molar-refractivity contribution in [2.24, 2.45) is 4.99 Å². The second kappa shape index (κ2) is 9.98. The van der Waals surface area contributed by atoms with Gasteiger partial charge in [-0.15, -0.1) is 0 Å². The molecule has 0 spiro atoms. The van der Waals surface area contributed by atoms with Crippen LogP contribution in [0.5, 0.6) is 0 Å². The Morgan fingerprint density at radius 1 is 0.429 bits per heavy atom. The van der Waals surface area contributed by atoms with Crippen LogP contribution in [0.2, 0.25) is 0 Å². The molecule has 42 heavy (non-hydrogen) atoms. The largest absolute Gasteiger partial charge is 0.257 e. The van der Waals surface area contributed by atoms with Crippen LogP contribution in [-0.2, 0) is 0 Å². The lowest BCUT2D eigenvalue weighted by Crippen LogP contribution is -2.06. The molecule has 0 saturated carbocycles. The normalized spacial score (nSPS) is 14.2. The highest BCUT2D eigenvalue weighted by Gasteiger charge is 2.26. The molecule has 0 aromatic heterocycles. The van der Waals surface area contributed by atoms with Crippen LogP contribution in [-0.4, -0.2) is 5.71 Å². The summed E-state index contributed by atoms with van der Waals surface area (Å²) >= 11 is 0. The molecule has 1 aliphatic heterocycles. The van der Waals surface area contributed by atoms with Crippen LogP contribution >= 0.6 is 0 Å². The van der Waals surface area contributed by atoms with E-state index >= 15 is 0 Å². The first-order chi connectivity index (χ1) is 20.8. The molecular formula is C41H29N. The Morgan fingerprint density at radius 3 is 1.45 bits per heavy atom. The Morgan fingerprint density at radius 2 is 0.881 bits per heavy atom. The van der Waals surface area contributed by atoms with Gasteiger partial charge in [0.15, 0.2) is 0 Å². The maximum atomic E-state index is 4.90. The number of nitrogens with zero attached hydrogens (tertiary/aromatic N) is 1. The lowest BCUT2D eigenvalue weighted by molar-refractivity contribution is 1.11. The quantitative estimate of drug-likeness (QED) is 0.199. The van der Waals surface area contributed by atoms with Crippen LogP contribution in [0.4, 0.5) is 5.69 Å². The van der Waals surface area contributed by atoms with Crippen molar-refractivity contribution >= 4 is 32.9 Å². The second-order valence-corrected chi connectivity index (χ2v) is 11.2. The van der Waals surface area contributed by atoms with Crippen LogP contribution < -0.4 is 0 Å². The molecule has 1 heteroatoms. The fraction of sp³-hybridized carbons (Fsp3) is 0.0488. The topological polar surface area (TPSA) is 12.4 Å². The monoisotopic (exact) mass is 535 g/mol. The number of rotatable bonds is 4. The molecule has 0 fully saturated rings.